The lowest BCUT2D eigenvalue weighted by Crippen LogP contribution is -2.44. The van der Waals surface area contributed by atoms with E-state index in [4.69, 9.17) is 5.73 Å². The molecule has 5 nitrogen and oxygen atoms in total. The smallest absolute Gasteiger partial charge is 0.189 e. The molecule has 0 aliphatic carbocycles. The minimum atomic E-state index is -0.0710. The highest BCUT2D eigenvalue weighted by Crippen LogP contribution is 2.11. The van der Waals surface area contributed by atoms with Gasteiger partial charge in [-0.3, -0.25) is 0 Å². The lowest BCUT2D eigenvalue weighted by atomic mass is 10.1. The summed E-state index contributed by atoms with van der Waals surface area (Å²) >= 11 is 0. The van der Waals surface area contributed by atoms with Gasteiger partial charge in [0, 0.05) is 24.8 Å². The fourth-order valence-corrected chi connectivity index (χ4v) is 1.85. The molecule has 0 saturated carbocycles. The van der Waals surface area contributed by atoms with E-state index < -0.39 is 0 Å². The maximum atomic E-state index is 5.84. The van der Waals surface area contributed by atoms with Crippen LogP contribution in [0.4, 0.5) is 5.82 Å². The van der Waals surface area contributed by atoms with Crippen molar-refractivity contribution < 1.29 is 0 Å². The number of aliphatic imine (C=N–C) groups is 1. The fourth-order valence-electron chi connectivity index (χ4n) is 1.85. The first kappa shape index (κ1) is 16.3. The van der Waals surface area contributed by atoms with E-state index in [1.165, 1.54) is 0 Å². The van der Waals surface area contributed by atoms with Crippen molar-refractivity contribution in [2.75, 3.05) is 18.0 Å². The van der Waals surface area contributed by atoms with Crippen LogP contribution in [0.15, 0.2) is 23.3 Å². The Labute approximate surface area is 122 Å². The molecule has 1 rings (SSSR count). The van der Waals surface area contributed by atoms with Gasteiger partial charge < -0.3 is 16.0 Å². The quantitative estimate of drug-likeness (QED) is 0.639. The maximum absolute atomic E-state index is 5.84. The summed E-state index contributed by atoms with van der Waals surface area (Å²) in [4.78, 5) is 11.0. The minimum absolute atomic E-state index is 0.0710. The Morgan fingerprint density at radius 2 is 1.95 bits per heavy atom. The Morgan fingerprint density at radius 1 is 1.30 bits per heavy atom. The number of aromatic nitrogens is 1. The molecule has 0 aromatic carbocycles. The number of rotatable bonds is 5. The Hall–Kier alpha value is -1.78. The molecule has 0 aliphatic heterocycles. The van der Waals surface area contributed by atoms with E-state index in [0.29, 0.717) is 12.5 Å². The van der Waals surface area contributed by atoms with Crippen LogP contribution in [0.2, 0.25) is 0 Å². The predicted octanol–water partition coefficient (Wildman–Crippen LogP) is 2.13. The first-order chi connectivity index (χ1) is 9.35. The highest BCUT2D eigenvalue weighted by Gasteiger charge is 2.09. The van der Waals surface area contributed by atoms with Gasteiger partial charge in [-0.2, -0.15) is 0 Å². The molecule has 0 aliphatic rings. The van der Waals surface area contributed by atoms with Gasteiger partial charge in [0.15, 0.2) is 5.96 Å². The summed E-state index contributed by atoms with van der Waals surface area (Å²) in [6.07, 6.45) is 1.86. The van der Waals surface area contributed by atoms with Crippen molar-refractivity contribution in [2.45, 2.75) is 46.7 Å². The van der Waals surface area contributed by atoms with E-state index in [-0.39, 0.29) is 5.54 Å². The number of nitrogens with one attached hydrogen (secondary N) is 1. The lowest BCUT2D eigenvalue weighted by Gasteiger charge is -2.21. The minimum Gasteiger partial charge on any atom is -0.370 e. The van der Waals surface area contributed by atoms with Gasteiger partial charge in [-0.05, 0) is 46.2 Å². The molecule has 1 aromatic heterocycles. The molecular weight excluding hydrogens is 250 g/mol. The number of nitrogens with zero attached hydrogens (tertiary/aromatic N) is 3. The van der Waals surface area contributed by atoms with Crippen LogP contribution in [0.5, 0.6) is 0 Å². The summed E-state index contributed by atoms with van der Waals surface area (Å²) in [6.45, 7) is 12.9. The molecule has 1 aromatic rings. The molecule has 0 saturated heterocycles. The zero-order valence-electron chi connectivity index (χ0n) is 13.3. The molecule has 0 radical (unpaired) electrons. The second kappa shape index (κ2) is 7.12. The third-order valence-corrected chi connectivity index (χ3v) is 2.83. The van der Waals surface area contributed by atoms with E-state index >= 15 is 0 Å². The molecule has 20 heavy (non-hydrogen) atoms. The van der Waals surface area contributed by atoms with Gasteiger partial charge in [-0.25, -0.2) is 9.98 Å². The molecule has 3 N–H and O–H groups in total. The first-order valence-electron chi connectivity index (χ1n) is 7.13. The third-order valence-electron chi connectivity index (χ3n) is 2.83. The van der Waals surface area contributed by atoms with E-state index in [9.17, 15) is 0 Å². The molecule has 0 bridgehead atoms. The molecule has 0 amide bonds. The van der Waals surface area contributed by atoms with E-state index in [2.05, 4.69) is 60.9 Å². The van der Waals surface area contributed by atoms with Crippen LogP contribution in [-0.4, -0.2) is 29.6 Å². The summed E-state index contributed by atoms with van der Waals surface area (Å²) in [7, 11) is 0. The number of pyridine rings is 1. The van der Waals surface area contributed by atoms with Crippen LogP contribution in [0.1, 0.15) is 40.2 Å². The van der Waals surface area contributed by atoms with E-state index in [0.717, 1.165) is 24.5 Å². The van der Waals surface area contributed by atoms with Gasteiger partial charge in [0.2, 0.25) is 0 Å². The predicted molar refractivity (Wildman–Crippen MR) is 86.0 cm³/mol. The monoisotopic (exact) mass is 277 g/mol. The number of nitrogens with two attached hydrogens (primary N) is 1. The highest BCUT2D eigenvalue weighted by molar-refractivity contribution is 5.78. The largest absolute Gasteiger partial charge is 0.370 e. The molecule has 0 fully saturated rings. The summed E-state index contributed by atoms with van der Waals surface area (Å²) in [5.74, 6) is 1.47. The van der Waals surface area contributed by atoms with Crippen molar-refractivity contribution in [1.82, 2.24) is 10.3 Å². The van der Waals surface area contributed by atoms with Gasteiger partial charge in [-0.1, -0.05) is 6.07 Å². The average Bonchev–Trinajstić information content (AvgIpc) is 2.37. The van der Waals surface area contributed by atoms with Crippen molar-refractivity contribution in [3.05, 3.63) is 23.9 Å². The van der Waals surface area contributed by atoms with Crippen molar-refractivity contribution >= 4 is 11.8 Å². The van der Waals surface area contributed by atoms with Crippen molar-refractivity contribution in [2.24, 2.45) is 10.7 Å². The topological polar surface area (TPSA) is 66.5 Å². The molecule has 112 valence electrons. The van der Waals surface area contributed by atoms with Crippen LogP contribution >= 0.6 is 0 Å². The van der Waals surface area contributed by atoms with Crippen molar-refractivity contribution in [3.8, 4) is 0 Å². The van der Waals surface area contributed by atoms with Gasteiger partial charge in [-0.15, -0.1) is 0 Å². The van der Waals surface area contributed by atoms with Gasteiger partial charge in [0.25, 0.3) is 0 Å². The van der Waals surface area contributed by atoms with Gasteiger partial charge in [0.1, 0.15) is 5.82 Å². The van der Waals surface area contributed by atoms with Crippen LogP contribution in [0, 0.1) is 0 Å². The summed E-state index contributed by atoms with van der Waals surface area (Å²) < 4.78 is 0. The van der Waals surface area contributed by atoms with Crippen LogP contribution in [-0.2, 0) is 6.54 Å². The Balaban J connectivity index is 2.64. The van der Waals surface area contributed by atoms with E-state index in [1.807, 2.05) is 12.3 Å². The summed E-state index contributed by atoms with van der Waals surface area (Å²) in [5, 5.41) is 3.14. The number of anilines is 1. The summed E-state index contributed by atoms with van der Waals surface area (Å²) in [6, 6.07) is 4.08. The molecule has 0 atom stereocenters. The van der Waals surface area contributed by atoms with E-state index in [1.54, 1.807) is 0 Å². The SMILES string of the molecule is CCN(CC)c1ccc(CN=C(N)NC(C)(C)C)cn1. The first-order valence-corrected chi connectivity index (χ1v) is 7.13. The normalized spacial score (nSPS) is 12.3. The van der Waals surface area contributed by atoms with Crippen LogP contribution in [0.3, 0.4) is 0 Å². The Bertz CT molecular complexity index is 427. The summed E-state index contributed by atoms with van der Waals surface area (Å²) in [5.41, 5.74) is 6.82. The maximum Gasteiger partial charge on any atom is 0.189 e. The van der Waals surface area contributed by atoms with Crippen LogP contribution < -0.4 is 16.0 Å². The third kappa shape index (κ3) is 5.47. The zero-order valence-corrected chi connectivity index (χ0v) is 13.3. The zero-order chi connectivity index (χ0) is 15.2. The molecule has 5 heteroatoms. The Morgan fingerprint density at radius 3 is 2.40 bits per heavy atom. The molecular formula is C15H27N5. The standard InChI is InChI=1S/C15H27N5/c1-6-20(7-2)13-9-8-12(10-17-13)11-18-14(16)19-15(3,4)5/h8-10H,6-7,11H2,1-5H3,(H3,16,18,19). The van der Waals surface area contributed by atoms with Gasteiger partial charge in [0.05, 0.1) is 6.54 Å². The fraction of sp³-hybridized carbons (Fsp3) is 0.600. The second-order valence-electron chi connectivity index (χ2n) is 5.77. The Kier molecular flexibility index (Phi) is 5.80. The molecule has 1 heterocycles. The lowest BCUT2D eigenvalue weighted by molar-refractivity contribution is 0.508. The molecule has 0 spiro atoms. The number of hydrogen-bond donors (Lipinski definition) is 2. The van der Waals surface area contributed by atoms with Crippen molar-refractivity contribution in [3.63, 3.8) is 0 Å². The van der Waals surface area contributed by atoms with Crippen molar-refractivity contribution in [1.29, 1.82) is 0 Å². The number of guanidine groups is 1. The van der Waals surface area contributed by atoms with Gasteiger partial charge >= 0.3 is 0 Å². The highest BCUT2D eigenvalue weighted by atomic mass is 15.2. The average molecular weight is 277 g/mol. The molecule has 0 unspecified atom stereocenters. The van der Waals surface area contributed by atoms with Crippen LogP contribution in [0.25, 0.3) is 0 Å². The number of hydrogen-bond acceptors (Lipinski definition) is 3. The second-order valence-corrected chi connectivity index (χ2v) is 5.77.